The fraction of sp³-hybridized carbons (Fsp3) is 0.846. The maximum absolute atomic E-state index is 12.0. The third-order valence-corrected chi connectivity index (χ3v) is 2.88. The Hall–Kier alpha value is -1.40. The molecule has 0 bridgehead atoms. The molecule has 0 spiro atoms. The summed E-state index contributed by atoms with van der Waals surface area (Å²) in [7, 11) is 0. The standard InChI is InChI=1S/C13H21F2NO4/c1-13(2,3)20-12(18)16-7-5-4-6-9(16)8-10(17)19-11(14)15/h9,11H,4-8H2,1-3H3. The Kier molecular flexibility index (Phi) is 5.71. The number of halogens is 2. The zero-order valence-electron chi connectivity index (χ0n) is 12.0. The number of hydrogen-bond acceptors (Lipinski definition) is 4. The van der Waals surface area contributed by atoms with Crippen LogP contribution < -0.4 is 0 Å². The summed E-state index contributed by atoms with van der Waals surface area (Å²) in [6.07, 6.45) is 1.47. The highest BCUT2D eigenvalue weighted by atomic mass is 19.3. The number of hydrogen-bond donors (Lipinski definition) is 0. The van der Waals surface area contributed by atoms with Crippen LogP contribution in [0.5, 0.6) is 0 Å². The molecule has 1 unspecified atom stereocenters. The number of esters is 1. The summed E-state index contributed by atoms with van der Waals surface area (Å²) < 4.78 is 33.0. The summed E-state index contributed by atoms with van der Waals surface area (Å²) in [5.74, 6) is -1.000. The third kappa shape index (κ3) is 5.71. The van der Waals surface area contributed by atoms with Crippen molar-refractivity contribution in [3.63, 3.8) is 0 Å². The molecule has 0 aromatic rings. The predicted octanol–water partition coefficient (Wildman–Crippen LogP) is 2.93. The first-order valence-corrected chi connectivity index (χ1v) is 6.66. The molecular formula is C13H21F2NO4. The van der Waals surface area contributed by atoms with Gasteiger partial charge in [0.15, 0.2) is 0 Å². The maximum atomic E-state index is 12.0. The molecule has 1 heterocycles. The second-order valence-electron chi connectivity index (χ2n) is 5.78. The minimum atomic E-state index is -3.12. The Bertz CT molecular complexity index is 355. The largest absolute Gasteiger partial charge is 0.444 e. The van der Waals surface area contributed by atoms with Crippen molar-refractivity contribution in [3.8, 4) is 0 Å². The predicted molar refractivity (Wildman–Crippen MR) is 67.3 cm³/mol. The molecule has 1 aliphatic rings. The first kappa shape index (κ1) is 16.7. The number of carbonyl (C=O) groups excluding carboxylic acids is 2. The number of likely N-dealkylation sites (tertiary alicyclic amines) is 1. The van der Waals surface area contributed by atoms with Gasteiger partial charge in [-0.05, 0) is 40.0 Å². The molecule has 0 saturated carbocycles. The fourth-order valence-corrected chi connectivity index (χ4v) is 2.11. The van der Waals surface area contributed by atoms with Crippen LogP contribution in [0.25, 0.3) is 0 Å². The van der Waals surface area contributed by atoms with Gasteiger partial charge < -0.3 is 14.4 Å². The monoisotopic (exact) mass is 293 g/mol. The Morgan fingerprint density at radius 1 is 1.30 bits per heavy atom. The highest BCUT2D eigenvalue weighted by molar-refractivity contribution is 5.73. The number of amides is 1. The first-order valence-electron chi connectivity index (χ1n) is 6.66. The van der Waals surface area contributed by atoms with E-state index in [0.717, 1.165) is 12.8 Å². The van der Waals surface area contributed by atoms with Crippen LogP contribution in [0.1, 0.15) is 46.5 Å². The minimum absolute atomic E-state index is 0.233. The van der Waals surface area contributed by atoms with E-state index < -0.39 is 30.3 Å². The molecule has 116 valence electrons. The van der Waals surface area contributed by atoms with E-state index in [4.69, 9.17) is 4.74 Å². The van der Waals surface area contributed by atoms with Gasteiger partial charge in [-0.15, -0.1) is 0 Å². The summed E-state index contributed by atoms with van der Waals surface area (Å²) in [5, 5.41) is 0. The second-order valence-corrected chi connectivity index (χ2v) is 5.78. The van der Waals surface area contributed by atoms with Crippen LogP contribution in [-0.4, -0.2) is 41.8 Å². The molecule has 0 aromatic heterocycles. The first-order chi connectivity index (χ1) is 9.19. The second kappa shape index (κ2) is 6.85. The molecule has 0 aromatic carbocycles. The molecule has 1 rings (SSSR count). The van der Waals surface area contributed by atoms with E-state index in [0.29, 0.717) is 13.0 Å². The summed E-state index contributed by atoms with van der Waals surface area (Å²) in [6.45, 7) is 2.57. The van der Waals surface area contributed by atoms with Crippen LogP contribution in [0.4, 0.5) is 13.6 Å². The summed E-state index contributed by atoms with van der Waals surface area (Å²) >= 11 is 0. The van der Waals surface area contributed by atoms with Crippen LogP contribution in [0.2, 0.25) is 0 Å². The molecule has 1 amide bonds. The van der Waals surface area contributed by atoms with Crippen LogP contribution in [-0.2, 0) is 14.3 Å². The van der Waals surface area contributed by atoms with Crippen molar-refractivity contribution < 1.29 is 27.8 Å². The van der Waals surface area contributed by atoms with Crippen molar-refractivity contribution in [2.75, 3.05) is 6.54 Å². The number of ether oxygens (including phenoxy) is 2. The highest BCUT2D eigenvalue weighted by Crippen LogP contribution is 2.23. The average molecular weight is 293 g/mol. The molecule has 1 atom stereocenters. The summed E-state index contributed by atoms with van der Waals surface area (Å²) in [4.78, 5) is 24.8. The van der Waals surface area contributed by atoms with E-state index in [-0.39, 0.29) is 6.42 Å². The SMILES string of the molecule is CC(C)(C)OC(=O)N1CCCCC1CC(=O)OC(F)F. The molecule has 20 heavy (non-hydrogen) atoms. The van der Waals surface area contributed by atoms with Crippen LogP contribution in [0.3, 0.4) is 0 Å². The number of piperidine rings is 1. The van der Waals surface area contributed by atoms with Gasteiger partial charge in [0.25, 0.3) is 0 Å². The lowest BCUT2D eigenvalue weighted by Crippen LogP contribution is -2.47. The van der Waals surface area contributed by atoms with Crippen LogP contribution in [0, 0.1) is 0 Å². The van der Waals surface area contributed by atoms with Crippen molar-refractivity contribution in [3.05, 3.63) is 0 Å². The van der Waals surface area contributed by atoms with Gasteiger partial charge in [-0.25, -0.2) is 4.79 Å². The molecule has 0 radical (unpaired) electrons. The lowest BCUT2D eigenvalue weighted by atomic mass is 10.00. The van der Waals surface area contributed by atoms with Gasteiger partial charge in [0.1, 0.15) is 5.60 Å². The quantitative estimate of drug-likeness (QED) is 0.751. The Labute approximate surface area is 117 Å². The van der Waals surface area contributed by atoms with Gasteiger partial charge in [-0.1, -0.05) is 0 Å². The van der Waals surface area contributed by atoms with Crippen molar-refractivity contribution in [1.82, 2.24) is 4.90 Å². The summed E-state index contributed by atoms with van der Waals surface area (Å²) in [6, 6.07) is -0.440. The van der Waals surface area contributed by atoms with Crippen molar-refractivity contribution in [2.45, 2.75) is 64.7 Å². The minimum Gasteiger partial charge on any atom is -0.444 e. The van der Waals surface area contributed by atoms with E-state index in [1.54, 1.807) is 20.8 Å². The lowest BCUT2D eigenvalue weighted by molar-refractivity contribution is -0.177. The van der Waals surface area contributed by atoms with Crippen molar-refractivity contribution >= 4 is 12.1 Å². The van der Waals surface area contributed by atoms with E-state index >= 15 is 0 Å². The van der Waals surface area contributed by atoms with Gasteiger partial charge in [0.05, 0.1) is 6.42 Å². The van der Waals surface area contributed by atoms with Gasteiger partial charge in [0, 0.05) is 12.6 Å². The number of rotatable bonds is 3. The third-order valence-electron chi connectivity index (χ3n) is 2.88. The van der Waals surface area contributed by atoms with Gasteiger partial charge >= 0.3 is 18.7 Å². The Balaban J connectivity index is 2.62. The van der Waals surface area contributed by atoms with E-state index in [1.165, 1.54) is 4.90 Å². The molecule has 1 saturated heterocycles. The Morgan fingerprint density at radius 2 is 1.95 bits per heavy atom. The number of carbonyl (C=O) groups is 2. The van der Waals surface area contributed by atoms with Crippen LogP contribution in [0.15, 0.2) is 0 Å². The van der Waals surface area contributed by atoms with E-state index in [1.807, 2.05) is 0 Å². The molecule has 1 aliphatic heterocycles. The molecule has 0 aliphatic carbocycles. The average Bonchev–Trinajstić information content (AvgIpc) is 2.25. The smallest absolute Gasteiger partial charge is 0.410 e. The van der Waals surface area contributed by atoms with Gasteiger partial charge in [0.2, 0.25) is 0 Å². The van der Waals surface area contributed by atoms with E-state index in [2.05, 4.69) is 4.74 Å². The lowest BCUT2D eigenvalue weighted by Gasteiger charge is -2.36. The molecule has 0 N–H and O–H groups in total. The van der Waals surface area contributed by atoms with Crippen molar-refractivity contribution in [2.24, 2.45) is 0 Å². The zero-order valence-corrected chi connectivity index (χ0v) is 12.0. The number of nitrogens with zero attached hydrogens (tertiary/aromatic N) is 1. The summed E-state index contributed by atoms with van der Waals surface area (Å²) in [5.41, 5.74) is -0.636. The van der Waals surface area contributed by atoms with Crippen molar-refractivity contribution in [1.29, 1.82) is 0 Å². The van der Waals surface area contributed by atoms with Gasteiger partial charge in [-0.3, -0.25) is 4.79 Å². The molecule has 1 fully saturated rings. The Morgan fingerprint density at radius 3 is 2.50 bits per heavy atom. The zero-order chi connectivity index (χ0) is 15.3. The molecule has 7 heteroatoms. The maximum Gasteiger partial charge on any atom is 0.410 e. The molecular weight excluding hydrogens is 272 g/mol. The van der Waals surface area contributed by atoms with E-state index in [9.17, 15) is 18.4 Å². The number of alkyl halides is 2. The topological polar surface area (TPSA) is 55.8 Å². The fourth-order valence-electron chi connectivity index (χ4n) is 2.11. The normalized spacial score (nSPS) is 19.9. The highest BCUT2D eigenvalue weighted by Gasteiger charge is 2.32. The van der Waals surface area contributed by atoms with Gasteiger partial charge in [-0.2, -0.15) is 8.78 Å². The van der Waals surface area contributed by atoms with Crippen LogP contribution >= 0.6 is 0 Å². The molecule has 5 nitrogen and oxygen atoms in total.